The predicted octanol–water partition coefficient (Wildman–Crippen LogP) is 1.65. The van der Waals surface area contributed by atoms with Crippen molar-refractivity contribution in [2.24, 2.45) is 0 Å². The van der Waals surface area contributed by atoms with Crippen LogP contribution in [-0.4, -0.2) is 4.43 Å². The van der Waals surface area contributed by atoms with E-state index in [9.17, 15) is 0 Å². The van der Waals surface area contributed by atoms with Crippen molar-refractivity contribution >= 4 is 22.6 Å². The molecule has 0 nitrogen and oxygen atoms in total. The van der Waals surface area contributed by atoms with Crippen LogP contribution in [0.15, 0.2) is 0 Å². The molecule has 0 N–H and O–H groups in total. The van der Waals surface area contributed by atoms with Gasteiger partial charge in [-0.3, -0.25) is 0 Å². The van der Waals surface area contributed by atoms with Gasteiger partial charge in [0.05, 0.1) is 13.3 Å². The number of hydrogen-bond donors (Lipinski definition) is 0. The molecule has 0 atom stereocenters. The van der Waals surface area contributed by atoms with E-state index >= 15 is 0 Å². The van der Waals surface area contributed by atoms with E-state index in [1.165, 1.54) is 4.43 Å². The molecule has 0 amide bonds. The fraction of sp³-hybridized carbons (Fsp3) is 0.667. The van der Waals surface area contributed by atoms with E-state index in [4.69, 9.17) is 0 Å². The molecule has 4 heavy (non-hydrogen) atoms. The Labute approximate surface area is 40.7 Å². The van der Waals surface area contributed by atoms with Crippen LogP contribution in [0.2, 0.25) is 0 Å². The summed E-state index contributed by atoms with van der Waals surface area (Å²) >= 11 is 2.29. The number of rotatable bonds is 1. The largest absolute Gasteiger partial charge is 0.0939 e. The third-order valence-corrected chi connectivity index (χ3v) is 0.896. The first-order valence-corrected chi connectivity index (χ1v) is 2.79. The van der Waals surface area contributed by atoms with Crippen LogP contribution in [-0.2, 0) is 0 Å². The molecule has 0 heterocycles. The van der Waals surface area contributed by atoms with E-state index in [-0.39, 0.29) is 0 Å². The molecular formula is C3H6I+. The third kappa shape index (κ3) is 2.60. The molecule has 0 aliphatic carbocycles. The standard InChI is InChI=1S/C3H6I/c1-2-3-4/h1-3H2/q+1. The van der Waals surface area contributed by atoms with Gasteiger partial charge in [0, 0.05) is 4.43 Å². The molecule has 0 saturated heterocycles. The zero-order valence-electron chi connectivity index (χ0n) is 2.50. The van der Waals surface area contributed by atoms with Gasteiger partial charge >= 0.3 is 0 Å². The summed E-state index contributed by atoms with van der Waals surface area (Å²) in [5.74, 6) is 0. The topological polar surface area (TPSA) is 0 Å². The first kappa shape index (κ1) is 4.60. The summed E-state index contributed by atoms with van der Waals surface area (Å²) in [4.78, 5) is 0. The van der Waals surface area contributed by atoms with E-state index in [1.807, 2.05) is 0 Å². The van der Waals surface area contributed by atoms with E-state index in [0.717, 1.165) is 6.42 Å². The fourth-order valence-electron chi connectivity index (χ4n) is 0. The summed E-state index contributed by atoms with van der Waals surface area (Å²) in [6, 6.07) is 0. The van der Waals surface area contributed by atoms with Crippen LogP contribution in [0, 0.1) is 6.92 Å². The Bertz CT molecular complexity index is 5.25. The molecule has 0 unspecified atom stereocenters. The van der Waals surface area contributed by atoms with Crippen molar-refractivity contribution in [2.45, 2.75) is 6.42 Å². The molecule has 0 aromatic carbocycles. The highest BCUT2D eigenvalue weighted by atomic mass is 127. The second-order valence-electron chi connectivity index (χ2n) is 0.543. The summed E-state index contributed by atoms with van der Waals surface area (Å²) in [5.41, 5.74) is 0. The summed E-state index contributed by atoms with van der Waals surface area (Å²) in [6.07, 6.45) is 1.06. The van der Waals surface area contributed by atoms with Gasteiger partial charge in [-0.25, -0.2) is 0 Å². The van der Waals surface area contributed by atoms with Gasteiger partial charge in [0.2, 0.25) is 0 Å². The average molecular weight is 169 g/mol. The van der Waals surface area contributed by atoms with E-state index in [1.54, 1.807) is 0 Å². The Morgan fingerprint density at radius 2 is 2.00 bits per heavy atom. The quantitative estimate of drug-likeness (QED) is 0.318. The SMILES string of the molecule is [CH2+]CCI. The third-order valence-electron chi connectivity index (χ3n) is 0.134. The van der Waals surface area contributed by atoms with Crippen LogP contribution < -0.4 is 0 Å². The Morgan fingerprint density at radius 3 is 2.00 bits per heavy atom. The van der Waals surface area contributed by atoms with E-state index < -0.39 is 0 Å². The minimum absolute atomic E-state index is 1.06. The lowest BCUT2D eigenvalue weighted by Gasteiger charge is -1.57. The van der Waals surface area contributed by atoms with Gasteiger partial charge < -0.3 is 0 Å². The Morgan fingerprint density at radius 1 is 1.75 bits per heavy atom. The van der Waals surface area contributed by atoms with Crippen LogP contribution in [0.5, 0.6) is 0 Å². The number of halogens is 1. The first-order chi connectivity index (χ1) is 1.91. The predicted molar refractivity (Wildman–Crippen MR) is 28.9 cm³/mol. The van der Waals surface area contributed by atoms with Gasteiger partial charge in [-0.2, -0.15) is 0 Å². The minimum atomic E-state index is 1.06. The molecule has 0 radical (unpaired) electrons. The van der Waals surface area contributed by atoms with Crippen molar-refractivity contribution in [3.05, 3.63) is 6.92 Å². The van der Waals surface area contributed by atoms with Gasteiger partial charge in [0.25, 0.3) is 0 Å². The zero-order valence-corrected chi connectivity index (χ0v) is 4.66. The second kappa shape index (κ2) is 3.60. The lowest BCUT2D eigenvalue weighted by Crippen LogP contribution is -1.54. The fourth-order valence-corrected chi connectivity index (χ4v) is 0. The number of alkyl halides is 1. The highest BCUT2D eigenvalue weighted by Crippen LogP contribution is 1.81. The average Bonchev–Trinajstić information content (AvgIpc) is 1.37. The Hall–Kier alpha value is 0.600. The van der Waals surface area contributed by atoms with Crippen molar-refractivity contribution < 1.29 is 0 Å². The smallest absolute Gasteiger partial charge is 0.0817 e. The monoisotopic (exact) mass is 169 g/mol. The minimum Gasteiger partial charge on any atom is -0.0817 e. The molecule has 0 rings (SSSR count). The van der Waals surface area contributed by atoms with E-state index in [0.29, 0.717) is 0 Å². The van der Waals surface area contributed by atoms with Gasteiger partial charge in [0.15, 0.2) is 0 Å². The molecule has 0 aromatic heterocycles. The molecule has 0 saturated carbocycles. The van der Waals surface area contributed by atoms with E-state index in [2.05, 4.69) is 29.5 Å². The Kier molecular flexibility index (Phi) is 4.14. The molecule has 1 heteroatoms. The molecule has 0 bridgehead atoms. The van der Waals surface area contributed by atoms with Gasteiger partial charge in [-0.05, 0) is 0 Å². The van der Waals surface area contributed by atoms with Crippen molar-refractivity contribution in [1.29, 1.82) is 0 Å². The van der Waals surface area contributed by atoms with Gasteiger partial charge in [-0.15, -0.1) is 0 Å². The van der Waals surface area contributed by atoms with Crippen LogP contribution in [0.3, 0.4) is 0 Å². The summed E-state index contributed by atoms with van der Waals surface area (Å²) in [6.45, 7) is 3.60. The highest BCUT2D eigenvalue weighted by Gasteiger charge is 1.67. The van der Waals surface area contributed by atoms with Crippen LogP contribution in [0.25, 0.3) is 0 Å². The Balaban J connectivity index is 1.97. The molecule has 0 aliphatic heterocycles. The first-order valence-electron chi connectivity index (χ1n) is 1.27. The lowest BCUT2D eigenvalue weighted by atomic mass is 10.6. The normalized spacial score (nSPS) is 7.25. The molecule has 0 fully saturated rings. The molecule has 24 valence electrons. The molecule has 0 aromatic rings. The van der Waals surface area contributed by atoms with Crippen LogP contribution >= 0.6 is 22.6 Å². The number of hydrogen-bond acceptors (Lipinski definition) is 0. The second-order valence-corrected chi connectivity index (χ2v) is 1.62. The molecule has 0 aliphatic rings. The van der Waals surface area contributed by atoms with Crippen molar-refractivity contribution in [1.82, 2.24) is 0 Å². The maximum atomic E-state index is 3.60. The zero-order chi connectivity index (χ0) is 3.41. The van der Waals surface area contributed by atoms with Gasteiger partial charge in [0.1, 0.15) is 0 Å². The van der Waals surface area contributed by atoms with Crippen molar-refractivity contribution in [2.75, 3.05) is 4.43 Å². The maximum Gasteiger partial charge on any atom is 0.0939 e. The molecule has 0 spiro atoms. The van der Waals surface area contributed by atoms with Crippen LogP contribution in [0.1, 0.15) is 6.42 Å². The van der Waals surface area contributed by atoms with Crippen molar-refractivity contribution in [3.8, 4) is 0 Å². The lowest BCUT2D eigenvalue weighted by molar-refractivity contribution is 1.28. The summed E-state index contributed by atoms with van der Waals surface area (Å²) in [5, 5.41) is 0. The van der Waals surface area contributed by atoms with Crippen molar-refractivity contribution in [3.63, 3.8) is 0 Å². The summed E-state index contributed by atoms with van der Waals surface area (Å²) < 4.78 is 1.18. The highest BCUT2D eigenvalue weighted by molar-refractivity contribution is 14.1. The summed E-state index contributed by atoms with van der Waals surface area (Å²) in [7, 11) is 0. The molecular weight excluding hydrogens is 163 g/mol. The maximum absolute atomic E-state index is 3.60. The van der Waals surface area contributed by atoms with Crippen LogP contribution in [0.4, 0.5) is 0 Å². The van der Waals surface area contributed by atoms with Gasteiger partial charge in [-0.1, -0.05) is 22.6 Å².